The van der Waals surface area contributed by atoms with Gasteiger partial charge in [-0.25, -0.2) is 9.97 Å². The summed E-state index contributed by atoms with van der Waals surface area (Å²) in [5.74, 6) is 3.43. The maximum absolute atomic E-state index is 6.05. The molecule has 42 heavy (non-hydrogen) atoms. The van der Waals surface area contributed by atoms with Gasteiger partial charge in [0.1, 0.15) is 23.1 Å². The van der Waals surface area contributed by atoms with Crippen LogP contribution in [0, 0.1) is 0 Å². The summed E-state index contributed by atoms with van der Waals surface area (Å²) in [7, 11) is 10.0. The molecule has 9 heteroatoms. The minimum absolute atomic E-state index is 0.588. The second-order valence-electron chi connectivity index (χ2n) is 11.1. The van der Waals surface area contributed by atoms with E-state index in [1.165, 1.54) is 0 Å². The highest BCUT2D eigenvalue weighted by atomic mass is 16.5. The lowest BCUT2D eigenvalue weighted by atomic mass is 10.1. The SMILES string of the molecule is COCCn1c(-c2ccc(-c3nc4ccc(OCCCN(C)C)cc4[nH]3)cc2)nc2ccc(OCCCN(C)C)cc21. The van der Waals surface area contributed by atoms with Crippen LogP contribution in [0.1, 0.15) is 12.8 Å². The summed E-state index contributed by atoms with van der Waals surface area (Å²) in [5.41, 5.74) is 5.88. The Morgan fingerprint density at radius 3 is 1.98 bits per heavy atom. The Balaban J connectivity index is 1.34. The molecule has 0 saturated heterocycles. The third kappa shape index (κ3) is 7.28. The van der Waals surface area contributed by atoms with Gasteiger partial charge >= 0.3 is 0 Å². The van der Waals surface area contributed by atoms with Crippen LogP contribution in [-0.2, 0) is 11.3 Å². The van der Waals surface area contributed by atoms with Gasteiger partial charge in [0.15, 0.2) is 0 Å². The van der Waals surface area contributed by atoms with Gasteiger partial charge in [0.2, 0.25) is 0 Å². The number of methoxy groups -OCH3 is 1. The lowest BCUT2D eigenvalue weighted by Crippen LogP contribution is -2.15. The molecule has 1 N–H and O–H groups in total. The molecular weight excluding hydrogens is 528 g/mol. The predicted octanol–water partition coefficient (Wildman–Crippen LogP) is 5.55. The Labute approximate surface area is 248 Å². The van der Waals surface area contributed by atoms with Crippen LogP contribution < -0.4 is 9.47 Å². The molecule has 5 rings (SSSR count). The predicted molar refractivity (Wildman–Crippen MR) is 169 cm³/mol. The minimum atomic E-state index is 0.588. The number of ether oxygens (including phenoxy) is 3. The molecule has 9 nitrogen and oxygen atoms in total. The van der Waals surface area contributed by atoms with Crippen molar-refractivity contribution in [3.8, 4) is 34.3 Å². The lowest BCUT2D eigenvalue weighted by Gasteiger charge is -2.11. The van der Waals surface area contributed by atoms with Crippen molar-refractivity contribution in [1.82, 2.24) is 29.3 Å². The van der Waals surface area contributed by atoms with Crippen LogP contribution in [0.5, 0.6) is 11.5 Å². The van der Waals surface area contributed by atoms with Crippen LogP contribution in [0.3, 0.4) is 0 Å². The maximum atomic E-state index is 6.05. The van der Waals surface area contributed by atoms with Gasteiger partial charge in [-0.15, -0.1) is 0 Å². The van der Waals surface area contributed by atoms with E-state index in [1.807, 2.05) is 30.3 Å². The smallest absolute Gasteiger partial charge is 0.141 e. The van der Waals surface area contributed by atoms with E-state index >= 15 is 0 Å². The Morgan fingerprint density at radius 1 is 0.714 bits per heavy atom. The third-order valence-corrected chi connectivity index (χ3v) is 7.15. The van der Waals surface area contributed by atoms with Crippen LogP contribution in [0.15, 0.2) is 60.7 Å². The Kier molecular flexibility index (Phi) is 9.74. The molecule has 5 aromatic rings. The zero-order chi connectivity index (χ0) is 29.5. The summed E-state index contributed by atoms with van der Waals surface area (Å²) in [4.78, 5) is 17.6. The average Bonchev–Trinajstić information content (AvgIpc) is 3.57. The Morgan fingerprint density at radius 2 is 1.33 bits per heavy atom. The zero-order valence-electron chi connectivity index (χ0n) is 25.4. The third-order valence-electron chi connectivity index (χ3n) is 7.15. The number of nitrogens with one attached hydrogen (secondary N) is 1. The number of nitrogens with zero attached hydrogens (tertiary/aromatic N) is 5. The molecule has 0 spiro atoms. The van der Waals surface area contributed by atoms with Crippen LogP contribution in [0.4, 0.5) is 0 Å². The molecule has 0 aliphatic carbocycles. The van der Waals surface area contributed by atoms with E-state index in [2.05, 4.69) is 77.9 Å². The largest absolute Gasteiger partial charge is 0.493 e. The minimum Gasteiger partial charge on any atom is -0.493 e. The highest BCUT2D eigenvalue weighted by Crippen LogP contribution is 2.30. The Bertz CT molecular complexity index is 1590. The summed E-state index contributed by atoms with van der Waals surface area (Å²) in [6.07, 6.45) is 1.96. The van der Waals surface area contributed by atoms with Gasteiger partial charge in [0, 0.05) is 50.0 Å². The number of hydrogen-bond donors (Lipinski definition) is 1. The van der Waals surface area contributed by atoms with Crippen LogP contribution in [0.25, 0.3) is 44.8 Å². The number of hydrogen-bond acceptors (Lipinski definition) is 7. The van der Waals surface area contributed by atoms with E-state index in [0.29, 0.717) is 26.4 Å². The molecule has 0 fully saturated rings. The van der Waals surface area contributed by atoms with Crippen LogP contribution >= 0.6 is 0 Å². The average molecular weight is 571 g/mol. The molecule has 222 valence electrons. The van der Waals surface area contributed by atoms with Crippen molar-refractivity contribution in [2.24, 2.45) is 0 Å². The van der Waals surface area contributed by atoms with Gasteiger partial charge in [-0.1, -0.05) is 24.3 Å². The monoisotopic (exact) mass is 570 g/mol. The Hall–Kier alpha value is -3.92. The first-order chi connectivity index (χ1) is 20.4. The first-order valence-corrected chi connectivity index (χ1v) is 14.6. The summed E-state index contributed by atoms with van der Waals surface area (Å²) < 4.78 is 19.6. The molecule has 3 aromatic carbocycles. The topological polar surface area (TPSA) is 80.7 Å². The van der Waals surface area contributed by atoms with Crippen LogP contribution in [0.2, 0.25) is 0 Å². The van der Waals surface area contributed by atoms with Crippen molar-refractivity contribution in [3.63, 3.8) is 0 Å². The summed E-state index contributed by atoms with van der Waals surface area (Å²) in [6.45, 7) is 4.64. The number of benzene rings is 3. The molecule has 0 bridgehead atoms. The highest BCUT2D eigenvalue weighted by Gasteiger charge is 2.15. The van der Waals surface area contributed by atoms with Crippen molar-refractivity contribution < 1.29 is 14.2 Å². The van der Waals surface area contributed by atoms with E-state index in [1.54, 1.807) is 7.11 Å². The standard InChI is InChI=1S/C33H42N6O3/c1-37(2)16-6-19-41-26-12-14-28-30(22-26)35-32(34-28)24-8-10-25(11-9-24)33-36-29-15-13-27(42-20-7-17-38(3)4)23-31(29)39(33)18-21-40-5/h8-15,22-23H,6-7,16-21H2,1-5H3,(H,34,35). The molecule has 0 amide bonds. The number of imidazole rings is 2. The van der Waals surface area contributed by atoms with Gasteiger partial charge in [0.05, 0.1) is 41.9 Å². The fourth-order valence-electron chi connectivity index (χ4n) is 4.96. The molecule has 0 atom stereocenters. The summed E-state index contributed by atoms with van der Waals surface area (Å²) in [6, 6.07) is 20.5. The fraction of sp³-hybridized carbons (Fsp3) is 0.394. The van der Waals surface area contributed by atoms with Crippen molar-refractivity contribution in [2.45, 2.75) is 19.4 Å². The van der Waals surface area contributed by atoms with Crippen molar-refractivity contribution >= 4 is 22.1 Å². The van der Waals surface area contributed by atoms with Crippen molar-refractivity contribution in [2.75, 3.05) is 68.2 Å². The van der Waals surface area contributed by atoms with Gasteiger partial charge in [-0.05, 0) is 65.3 Å². The number of fused-ring (bicyclic) bond motifs is 2. The van der Waals surface area contributed by atoms with E-state index < -0.39 is 0 Å². The molecule has 2 heterocycles. The molecule has 0 aliphatic heterocycles. The van der Waals surface area contributed by atoms with Crippen molar-refractivity contribution in [3.05, 3.63) is 60.7 Å². The highest BCUT2D eigenvalue weighted by molar-refractivity contribution is 5.83. The molecule has 0 saturated carbocycles. The van der Waals surface area contributed by atoms with E-state index in [-0.39, 0.29) is 0 Å². The van der Waals surface area contributed by atoms with Gasteiger partial charge < -0.3 is 33.6 Å². The molecule has 0 radical (unpaired) electrons. The first kappa shape index (κ1) is 29.6. The number of aromatic amines is 1. The lowest BCUT2D eigenvalue weighted by molar-refractivity contribution is 0.188. The normalized spacial score (nSPS) is 11.8. The number of aromatic nitrogens is 4. The second kappa shape index (κ2) is 13.8. The molecule has 0 aliphatic rings. The molecule has 0 unspecified atom stereocenters. The quantitative estimate of drug-likeness (QED) is 0.165. The van der Waals surface area contributed by atoms with E-state index in [9.17, 15) is 0 Å². The van der Waals surface area contributed by atoms with Gasteiger partial charge in [-0.2, -0.15) is 0 Å². The molecule has 2 aromatic heterocycles. The van der Waals surface area contributed by atoms with Crippen molar-refractivity contribution in [1.29, 1.82) is 0 Å². The van der Waals surface area contributed by atoms with E-state index in [0.717, 1.165) is 82.3 Å². The van der Waals surface area contributed by atoms with Gasteiger partial charge in [-0.3, -0.25) is 0 Å². The first-order valence-electron chi connectivity index (χ1n) is 14.6. The fourth-order valence-corrected chi connectivity index (χ4v) is 4.96. The zero-order valence-corrected chi connectivity index (χ0v) is 25.4. The number of H-pyrrole nitrogens is 1. The van der Waals surface area contributed by atoms with Gasteiger partial charge in [0.25, 0.3) is 0 Å². The molecular formula is C33H42N6O3. The van der Waals surface area contributed by atoms with E-state index in [4.69, 9.17) is 24.2 Å². The summed E-state index contributed by atoms with van der Waals surface area (Å²) >= 11 is 0. The summed E-state index contributed by atoms with van der Waals surface area (Å²) in [5, 5.41) is 0. The second-order valence-corrected chi connectivity index (χ2v) is 11.1. The number of rotatable bonds is 15. The van der Waals surface area contributed by atoms with Crippen LogP contribution in [-0.4, -0.2) is 97.5 Å². The maximum Gasteiger partial charge on any atom is 0.141 e.